The first-order chi connectivity index (χ1) is 10.6. The summed E-state index contributed by atoms with van der Waals surface area (Å²) in [6, 6.07) is 6.96. The number of Topliss-reactive ketones (excluding diaryl/α,β-unsaturated/α-hetero) is 1. The largest absolute Gasteiger partial charge is 0.468 e. The molecule has 0 radical (unpaired) electrons. The van der Waals surface area contributed by atoms with Gasteiger partial charge in [0.15, 0.2) is 15.1 Å². The van der Waals surface area contributed by atoms with Crippen molar-refractivity contribution >= 4 is 21.6 Å². The Morgan fingerprint density at radius 2 is 1.83 bits per heavy atom. The number of esters is 1. The molecule has 0 aromatic heterocycles. The summed E-state index contributed by atoms with van der Waals surface area (Å²) in [4.78, 5) is 33.9. The van der Waals surface area contributed by atoms with E-state index in [4.69, 9.17) is 0 Å². The molecule has 126 valence electrons. The molecule has 0 saturated carbocycles. The number of ether oxygens (including phenoxy) is 1. The lowest BCUT2D eigenvalue weighted by Crippen LogP contribution is -2.52. The van der Waals surface area contributed by atoms with Crippen molar-refractivity contribution in [2.24, 2.45) is 5.41 Å². The second kappa shape index (κ2) is 6.86. The third kappa shape index (κ3) is 3.73. The molecule has 23 heavy (non-hydrogen) atoms. The van der Waals surface area contributed by atoms with Gasteiger partial charge in [-0.3, -0.25) is 19.7 Å². The average Bonchev–Trinajstić information content (AvgIpc) is 2.46. The average molecular weight is 343 g/mol. The van der Waals surface area contributed by atoms with Gasteiger partial charge in [-0.1, -0.05) is 18.2 Å². The number of nitrogens with zero attached hydrogens (tertiary/aromatic N) is 1. The van der Waals surface area contributed by atoms with Crippen LogP contribution in [0.5, 0.6) is 0 Å². The van der Waals surface area contributed by atoms with Crippen molar-refractivity contribution in [1.82, 2.24) is 0 Å². The third-order valence-corrected chi connectivity index (χ3v) is 5.90. The van der Waals surface area contributed by atoms with E-state index in [-0.39, 0.29) is 4.90 Å². The lowest BCUT2D eigenvalue weighted by atomic mass is 9.82. The van der Waals surface area contributed by atoms with Crippen LogP contribution >= 0.6 is 0 Å². The number of methoxy groups -OCH3 is 1. The second-order valence-corrected chi connectivity index (χ2v) is 7.26. The van der Waals surface area contributed by atoms with Crippen molar-refractivity contribution in [1.29, 1.82) is 0 Å². The Balaban J connectivity index is 3.60. The monoisotopic (exact) mass is 343 g/mol. The van der Waals surface area contributed by atoms with Gasteiger partial charge >= 0.3 is 5.97 Å². The number of benzene rings is 1. The van der Waals surface area contributed by atoms with Gasteiger partial charge in [0.25, 0.3) is 0 Å². The predicted molar refractivity (Wildman–Crippen MR) is 80.1 cm³/mol. The van der Waals surface area contributed by atoms with Gasteiger partial charge in [-0.15, -0.1) is 0 Å². The first kappa shape index (κ1) is 18.8. The highest BCUT2D eigenvalue weighted by molar-refractivity contribution is 7.92. The molecule has 0 fully saturated rings. The molecular weight excluding hydrogens is 326 g/mol. The van der Waals surface area contributed by atoms with Gasteiger partial charge < -0.3 is 4.74 Å². The minimum atomic E-state index is -4.36. The topological polar surface area (TPSA) is 121 Å². The normalized spacial score (nSPS) is 15.3. The van der Waals surface area contributed by atoms with Gasteiger partial charge in [-0.2, -0.15) is 0 Å². The Kier molecular flexibility index (Phi) is 5.60. The van der Waals surface area contributed by atoms with Crippen LogP contribution in [0.3, 0.4) is 0 Å². The molecule has 1 aromatic carbocycles. The van der Waals surface area contributed by atoms with Gasteiger partial charge in [-0.25, -0.2) is 8.42 Å². The maximum atomic E-state index is 12.8. The molecule has 0 saturated heterocycles. The number of ketones is 1. The summed E-state index contributed by atoms with van der Waals surface area (Å²) in [6.07, 6.45) is 0. The van der Waals surface area contributed by atoms with Gasteiger partial charge in [0.2, 0.25) is 6.54 Å². The smallest absolute Gasteiger partial charge is 0.325 e. The van der Waals surface area contributed by atoms with Crippen LogP contribution in [0, 0.1) is 15.5 Å². The number of hydrogen-bond acceptors (Lipinski definition) is 7. The van der Waals surface area contributed by atoms with Crippen molar-refractivity contribution in [2.45, 2.75) is 24.0 Å². The number of nitro groups is 1. The SMILES string of the molecule is COC(=O)C(C(C)(C[N+](=O)[O-])C(C)=O)S(=O)(=O)c1ccccc1. The van der Waals surface area contributed by atoms with E-state index in [1.165, 1.54) is 24.3 Å². The minimum absolute atomic E-state index is 0.216. The van der Waals surface area contributed by atoms with E-state index in [1.807, 2.05) is 0 Å². The number of rotatable bonds is 7. The van der Waals surface area contributed by atoms with Crippen LogP contribution in [0.15, 0.2) is 35.2 Å². The van der Waals surface area contributed by atoms with E-state index in [1.54, 1.807) is 6.07 Å². The Labute approximate surface area is 133 Å². The zero-order valence-corrected chi connectivity index (χ0v) is 13.7. The molecule has 0 aliphatic carbocycles. The molecule has 0 spiro atoms. The number of carbonyl (C=O) groups is 2. The van der Waals surface area contributed by atoms with Crippen molar-refractivity contribution in [2.75, 3.05) is 13.7 Å². The van der Waals surface area contributed by atoms with Crippen LogP contribution in [0.1, 0.15) is 13.8 Å². The summed E-state index contributed by atoms with van der Waals surface area (Å²) in [5, 5.41) is 8.90. The van der Waals surface area contributed by atoms with E-state index in [2.05, 4.69) is 4.74 Å². The van der Waals surface area contributed by atoms with Gasteiger partial charge in [0.1, 0.15) is 11.2 Å². The molecule has 1 aromatic rings. The van der Waals surface area contributed by atoms with Crippen LogP contribution in [0.25, 0.3) is 0 Å². The lowest BCUT2D eigenvalue weighted by Gasteiger charge is -2.29. The predicted octanol–water partition coefficient (Wildman–Crippen LogP) is 0.874. The number of hydrogen-bond donors (Lipinski definition) is 0. The van der Waals surface area contributed by atoms with Crippen LogP contribution in [-0.2, 0) is 24.2 Å². The zero-order valence-electron chi connectivity index (χ0n) is 12.9. The fraction of sp³-hybridized carbons (Fsp3) is 0.429. The van der Waals surface area contributed by atoms with Gasteiger partial charge in [0.05, 0.1) is 12.0 Å². The summed E-state index contributed by atoms with van der Waals surface area (Å²) in [5.74, 6) is -2.00. The summed E-state index contributed by atoms with van der Waals surface area (Å²) in [7, 11) is -3.40. The van der Waals surface area contributed by atoms with Crippen LogP contribution < -0.4 is 0 Å². The molecule has 2 unspecified atom stereocenters. The quantitative estimate of drug-likeness (QED) is 0.409. The molecule has 8 nitrogen and oxygen atoms in total. The maximum absolute atomic E-state index is 12.8. The highest BCUT2D eigenvalue weighted by Crippen LogP contribution is 2.33. The Bertz CT molecular complexity index is 714. The molecule has 0 bridgehead atoms. The number of carbonyl (C=O) groups excluding carboxylic acids is 2. The molecular formula is C14H17NO7S. The Morgan fingerprint density at radius 3 is 2.22 bits per heavy atom. The van der Waals surface area contributed by atoms with E-state index < -0.39 is 43.7 Å². The van der Waals surface area contributed by atoms with Crippen molar-refractivity contribution in [3.05, 3.63) is 40.4 Å². The molecule has 2 atom stereocenters. The Hall–Kier alpha value is -2.29. The van der Waals surface area contributed by atoms with E-state index in [0.717, 1.165) is 21.0 Å². The zero-order chi connectivity index (χ0) is 17.8. The fourth-order valence-corrected chi connectivity index (χ4v) is 4.31. The van der Waals surface area contributed by atoms with Crippen LogP contribution in [0.4, 0.5) is 0 Å². The highest BCUT2D eigenvalue weighted by Gasteiger charge is 2.55. The van der Waals surface area contributed by atoms with Gasteiger partial charge in [0, 0.05) is 4.92 Å². The summed E-state index contributed by atoms with van der Waals surface area (Å²) >= 11 is 0. The van der Waals surface area contributed by atoms with Crippen molar-refractivity contribution < 1.29 is 27.7 Å². The summed E-state index contributed by atoms with van der Waals surface area (Å²) < 4.78 is 30.1. The molecule has 1 rings (SSSR count). The molecule has 0 N–H and O–H groups in total. The van der Waals surface area contributed by atoms with Crippen LogP contribution in [-0.4, -0.2) is 44.0 Å². The van der Waals surface area contributed by atoms with E-state index >= 15 is 0 Å². The van der Waals surface area contributed by atoms with E-state index in [9.17, 15) is 28.1 Å². The molecule has 0 aliphatic rings. The standard InChI is InChI=1S/C14H17NO7S/c1-10(16)14(2,9-15(18)19)12(13(17)22-3)23(20,21)11-7-5-4-6-8-11/h4-8,12H,9H2,1-3H3. The Morgan fingerprint density at radius 1 is 1.30 bits per heavy atom. The van der Waals surface area contributed by atoms with Crippen LogP contribution in [0.2, 0.25) is 0 Å². The van der Waals surface area contributed by atoms with Gasteiger partial charge in [-0.05, 0) is 26.0 Å². The lowest BCUT2D eigenvalue weighted by molar-refractivity contribution is -0.492. The number of sulfone groups is 1. The first-order valence-electron chi connectivity index (χ1n) is 6.57. The molecule has 0 amide bonds. The summed E-state index contributed by atoms with van der Waals surface area (Å²) in [5.41, 5.74) is -2.05. The summed E-state index contributed by atoms with van der Waals surface area (Å²) in [6.45, 7) is 1.09. The second-order valence-electron chi connectivity index (χ2n) is 5.23. The maximum Gasteiger partial charge on any atom is 0.325 e. The van der Waals surface area contributed by atoms with E-state index in [0.29, 0.717) is 0 Å². The highest BCUT2D eigenvalue weighted by atomic mass is 32.2. The fourth-order valence-electron chi connectivity index (χ4n) is 2.23. The molecule has 0 heterocycles. The molecule has 0 aliphatic heterocycles. The third-order valence-electron chi connectivity index (χ3n) is 3.64. The minimum Gasteiger partial charge on any atom is -0.468 e. The van der Waals surface area contributed by atoms with Crippen molar-refractivity contribution in [3.8, 4) is 0 Å². The van der Waals surface area contributed by atoms with Crippen molar-refractivity contribution in [3.63, 3.8) is 0 Å². The molecule has 9 heteroatoms. The first-order valence-corrected chi connectivity index (χ1v) is 8.11.